The highest BCUT2D eigenvalue weighted by Gasteiger charge is 2.33. The van der Waals surface area contributed by atoms with Crippen molar-refractivity contribution in [1.29, 1.82) is 0 Å². The van der Waals surface area contributed by atoms with Crippen LogP contribution in [0, 0.1) is 6.92 Å². The van der Waals surface area contributed by atoms with Gasteiger partial charge >= 0.3 is 0 Å². The van der Waals surface area contributed by atoms with E-state index in [0.717, 1.165) is 16.8 Å². The van der Waals surface area contributed by atoms with E-state index in [2.05, 4.69) is 25.7 Å². The summed E-state index contributed by atoms with van der Waals surface area (Å²) in [6.07, 6.45) is 1.74. The van der Waals surface area contributed by atoms with Gasteiger partial charge in [-0.1, -0.05) is 6.07 Å². The Hall–Kier alpha value is -4.48. The number of fused-ring (bicyclic) bond motifs is 2. The third kappa shape index (κ3) is 3.60. The molecule has 12 heteroatoms. The quantitative estimate of drug-likeness (QED) is 0.443. The minimum Gasteiger partial charge on any atom is -0.493 e. The van der Waals surface area contributed by atoms with Crippen LogP contribution >= 0.6 is 0 Å². The number of nitrogens with one attached hydrogen (secondary N) is 1. The molecule has 0 fully saturated rings. The zero-order valence-corrected chi connectivity index (χ0v) is 17.8. The number of carbonyl (C=O) groups excluding carboxylic acids is 2. The molecule has 5 rings (SSSR count). The van der Waals surface area contributed by atoms with E-state index in [1.54, 1.807) is 28.9 Å². The molecule has 0 spiro atoms. The highest BCUT2D eigenvalue weighted by Crippen LogP contribution is 2.42. The first-order chi connectivity index (χ1) is 15.9. The molecular weight excluding hydrogens is 428 g/mol. The lowest BCUT2D eigenvalue weighted by atomic mass is 9.85. The Labute approximate surface area is 187 Å². The van der Waals surface area contributed by atoms with Gasteiger partial charge in [-0.2, -0.15) is 14.3 Å². The van der Waals surface area contributed by atoms with Crippen molar-refractivity contribution in [2.75, 3.05) is 19.0 Å². The topological polar surface area (TPSA) is 152 Å². The smallest absolute Gasteiger partial charge is 0.255 e. The lowest BCUT2D eigenvalue weighted by molar-refractivity contribution is -0.120. The van der Waals surface area contributed by atoms with Crippen LogP contribution in [-0.2, 0) is 9.59 Å². The van der Waals surface area contributed by atoms with Gasteiger partial charge in [-0.05, 0) is 36.8 Å². The van der Waals surface area contributed by atoms with Gasteiger partial charge in [-0.15, -0.1) is 15.3 Å². The van der Waals surface area contributed by atoms with Gasteiger partial charge in [-0.3, -0.25) is 9.59 Å². The Bertz CT molecular complexity index is 1390. The summed E-state index contributed by atoms with van der Waals surface area (Å²) in [6, 6.07) is 8.87. The van der Waals surface area contributed by atoms with E-state index in [-0.39, 0.29) is 24.9 Å². The van der Waals surface area contributed by atoms with Crippen LogP contribution in [0.15, 0.2) is 36.7 Å². The number of benzene rings is 1. The summed E-state index contributed by atoms with van der Waals surface area (Å²) in [5.74, 6) is 0.899. The standard InChI is InChI=1S/C21H20N8O4/c1-11-20-13(12-3-4-14(15(7-12)32-2)33-9-16(22)30)8-19(31)24-21(20)29(26-11)18-6-5-17-25-23-10-28(17)27-18/h3-7,10,13H,8-9H2,1-2H3,(H2,22,30)(H,24,31)/t13-/m1/s1. The van der Waals surface area contributed by atoms with Crippen LogP contribution < -0.4 is 20.5 Å². The summed E-state index contributed by atoms with van der Waals surface area (Å²) in [6.45, 7) is 1.63. The van der Waals surface area contributed by atoms with Crippen LogP contribution in [-0.4, -0.2) is 55.1 Å². The van der Waals surface area contributed by atoms with Crippen molar-refractivity contribution >= 4 is 23.3 Å². The van der Waals surface area contributed by atoms with Crippen molar-refractivity contribution < 1.29 is 19.1 Å². The molecule has 12 nitrogen and oxygen atoms in total. The molecule has 0 radical (unpaired) electrons. The molecule has 1 aliphatic rings. The lowest BCUT2D eigenvalue weighted by Crippen LogP contribution is -2.25. The Kier molecular flexibility index (Phi) is 4.89. The summed E-state index contributed by atoms with van der Waals surface area (Å²) < 4.78 is 14.0. The number of hydrogen-bond acceptors (Lipinski definition) is 8. The summed E-state index contributed by atoms with van der Waals surface area (Å²) in [5.41, 5.74) is 8.25. The first-order valence-electron chi connectivity index (χ1n) is 10.1. The molecule has 0 bridgehead atoms. The number of hydrogen-bond donors (Lipinski definition) is 2. The molecule has 4 aromatic rings. The van der Waals surface area contributed by atoms with Crippen molar-refractivity contribution in [3.05, 3.63) is 53.5 Å². The van der Waals surface area contributed by atoms with Gasteiger partial charge in [-0.25, -0.2) is 0 Å². The van der Waals surface area contributed by atoms with Crippen molar-refractivity contribution in [3.8, 4) is 17.3 Å². The summed E-state index contributed by atoms with van der Waals surface area (Å²) >= 11 is 0. The van der Waals surface area contributed by atoms with Crippen molar-refractivity contribution in [3.63, 3.8) is 0 Å². The summed E-state index contributed by atoms with van der Waals surface area (Å²) in [4.78, 5) is 23.7. The number of ether oxygens (including phenoxy) is 2. The predicted octanol–water partition coefficient (Wildman–Crippen LogP) is 0.965. The average Bonchev–Trinajstić information content (AvgIpc) is 3.40. The number of methoxy groups -OCH3 is 1. The number of anilines is 1. The molecule has 1 aromatic carbocycles. The zero-order valence-electron chi connectivity index (χ0n) is 17.8. The largest absolute Gasteiger partial charge is 0.493 e. The first kappa shape index (κ1) is 20.4. The summed E-state index contributed by atoms with van der Waals surface area (Å²) in [5, 5.41) is 19.9. The van der Waals surface area contributed by atoms with Crippen LogP contribution in [0.25, 0.3) is 11.5 Å². The number of rotatable bonds is 6. The molecule has 4 heterocycles. The number of amides is 2. The normalized spacial score (nSPS) is 15.2. The van der Waals surface area contributed by atoms with Gasteiger partial charge in [0.1, 0.15) is 12.1 Å². The van der Waals surface area contributed by atoms with Gasteiger partial charge in [0.25, 0.3) is 5.91 Å². The van der Waals surface area contributed by atoms with Gasteiger partial charge in [0, 0.05) is 17.9 Å². The highest BCUT2D eigenvalue weighted by molar-refractivity contribution is 5.95. The van der Waals surface area contributed by atoms with Crippen molar-refractivity contribution in [2.24, 2.45) is 5.73 Å². The molecule has 2 amide bonds. The number of nitrogens with two attached hydrogens (primary N) is 1. The number of carbonyl (C=O) groups is 2. The molecule has 1 aliphatic heterocycles. The molecule has 168 valence electrons. The van der Waals surface area contributed by atoms with Crippen LogP contribution in [0.2, 0.25) is 0 Å². The second kappa shape index (κ2) is 7.89. The number of primary amides is 1. The van der Waals surface area contributed by atoms with Crippen LogP contribution in [0.3, 0.4) is 0 Å². The molecular formula is C21H20N8O4. The van der Waals surface area contributed by atoms with E-state index in [0.29, 0.717) is 28.8 Å². The second-order valence-corrected chi connectivity index (χ2v) is 7.55. The van der Waals surface area contributed by atoms with E-state index in [1.807, 2.05) is 13.0 Å². The van der Waals surface area contributed by atoms with Crippen molar-refractivity contribution in [2.45, 2.75) is 19.3 Å². The summed E-state index contributed by atoms with van der Waals surface area (Å²) in [7, 11) is 1.51. The molecule has 0 saturated heterocycles. The maximum atomic E-state index is 12.7. The Balaban J connectivity index is 1.57. The SMILES string of the molecule is COc1cc([C@H]2CC(=O)Nc3c2c(C)nn3-c2ccc3nncn3n2)ccc1OCC(N)=O. The first-order valence-corrected chi connectivity index (χ1v) is 10.1. The maximum Gasteiger partial charge on any atom is 0.255 e. The molecule has 1 atom stereocenters. The van der Waals surface area contributed by atoms with Gasteiger partial charge in [0.05, 0.1) is 12.8 Å². The van der Waals surface area contributed by atoms with E-state index >= 15 is 0 Å². The fourth-order valence-corrected chi connectivity index (χ4v) is 4.00. The molecule has 3 aromatic heterocycles. The van der Waals surface area contributed by atoms with Crippen molar-refractivity contribution in [1.82, 2.24) is 29.6 Å². The van der Waals surface area contributed by atoms with Gasteiger partial charge in [0.2, 0.25) is 5.91 Å². The molecule has 0 saturated carbocycles. The second-order valence-electron chi connectivity index (χ2n) is 7.55. The van der Waals surface area contributed by atoms with Crippen LogP contribution in [0.1, 0.15) is 29.2 Å². The number of nitrogens with zero attached hydrogens (tertiary/aromatic N) is 6. The van der Waals surface area contributed by atoms with E-state index in [1.165, 1.54) is 18.0 Å². The minimum atomic E-state index is -0.587. The molecule has 0 unspecified atom stereocenters. The number of aromatic nitrogens is 6. The van der Waals surface area contributed by atoms with E-state index < -0.39 is 5.91 Å². The number of aryl methyl sites for hydroxylation is 1. The van der Waals surface area contributed by atoms with E-state index in [4.69, 9.17) is 15.2 Å². The highest BCUT2D eigenvalue weighted by atomic mass is 16.5. The zero-order chi connectivity index (χ0) is 23.1. The van der Waals surface area contributed by atoms with Crippen LogP contribution in [0.5, 0.6) is 11.5 Å². The lowest BCUT2D eigenvalue weighted by Gasteiger charge is -2.25. The van der Waals surface area contributed by atoms with E-state index in [9.17, 15) is 9.59 Å². The van der Waals surface area contributed by atoms with Crippen LogP contribution in [0.4, 0.5) is 5.82 Å². The van der Waals surface area contributed by atoms with Gasteiger partial charge in [0.15, 0.2) is 29.6 Å². The monoisotopic (exact) mass is 448 g/mol. The maximum absolute atomic E-state index is 12.7. The Morgan fingerprint density at radius 1 is 1.24 bits per heavy atom. The predicted molar refractivity (Wildman–Crippen MR) is 115 cm³/mol. The molecule has 0 aliphatic carbocycles. The third-order valence-corrected chi connectivity index (χ3v) is 5.43. The minimum absolute atomic E-state index is 0.146. The average molecular weight is 448 g/mol. The third-order valence-electron chi connectivity index (χ3n) is 5.43. The Morgan fingerprint density at radius 2 is 2.09 bits per heavy atom. The molecule has 3 N–H and O–H groups in total. The van der Waals surface area contributed by atoms with Gasteiger partial charge < -0.3 is 20.5 Å². The fourth-order valence-electron chi connectivity index (χ4n) is 4.00. The fraction of sp³-hybridized carbons (Fsp3) is 0.238. The molecule has 33 heavy (non-hydrogen) atoms. The Morgan fingerprint density at radius 3 is 2.88 bits per heavy atom.